The van der Waals surface area contributed by atoms with E-state index in [1.807, 2.05) is 0 Å². The van der Waals surface area contributed by atoms with Gasteiger partial charge in [0, 0.05) is 1.37 Å². The first kappa shape index (κ1) is 2.21. The van der Waals surface area contributed by atoms with Crippen molar-refractivity contribution in [2.75, 3.05) is 6.54 Å². The molecule has 0 fully saturated rings. The predicted octanol–water partition coefficient (Wildman–Crippen LogP) is 0.355. The third-order valence-corrected chi connectivity index (χ3v) is 0.204. The molecule has 1 nitrogen and oxygen atoms in total. The van der Waals surface area contributed by atoms with Crippen molar-refractivity contribution >= 4 is 0 Å². The van der Waals surface area contributed by atoms with Crippen LogP contribution in [-0.2, 0) is 0 Å². The largest absolute Gasteiger partial charge is 0.330 e. The van der Waals surface area contributed by atoms with Gasteiger partial charge in [-0.15, -0.1) is 0 Å². The zero-order valence-electron chi connectivity index (χ0n) is 3.70. The van der Waals surface area contributed by atoms with E-state index in [1.54, 1.807) is 0 Å². The molecule has 0 bridgehead atoms. The number of nitrogens with two attached hydrogens (primary N) is 1. The number of hydrogen-bond donors (Lipinski definition) is 1. The third-order valence-electron chi connectivity index (χ3n) is 0.204. The van der Waals surface area contributed by atoms with Crippen molar-refractivity contribution in [3.63, 3.8) is 0 Å². The van der Waals surface area contributed by atoms with Gasteiger partial charge in [0.05, 0.1) is 0 Å². The molecule has 0 heterocycles. The normalized spacial score (nSPS) is 10.8. The Kier molecular flexibility index (Phi) is 1.64. The Labute approximate surface area is 28.2 Å². The Morgan fingerprint density at radius 3 is 3.00 bits per heavy atom. The smallest absolute Gasteiger partial charge is 0.0231 e. The number of rotatable bonds is 1. The van der Waals surface area contributed by atoms with E-state index in [4.69, 9.17) is 7.10 Å². The van der Waals surface area contributed by atoms with Crippen LogP contribution in [0.1, 0.15) is 14.7 Å². The Morgan fingerprint density at radius 2 is 3.00 bits per heavy atom. The quantitative estimate of drug-likeness (QED) is 0.465. The molecule has 0 aliphatic carbocycles. The van der Waals surface area contributed by atoms with Crippen molar-refractivity contribution in [1.82, 2.24) is 0 Å². The van der Waals surface area contributed by atoms with Gasteiger partial charge < -0.3 is 5.73 Å². The van der Waals surface area contributed by atoms with Crippen LogP contribution in [0.5, 0.6) is 0 Å². The first-order valence-corrected chi connectivity index (χ1v) is 1.41. The highest BCUT2D eigenvalue weighted by Gasteiger charge is 1.55. The second-order valence-electron chi connectivity index (χ2n) is 0.642. The highest BCUT2D eigenvalue weighted by molar-refractivity contribution is 4.19. The molecule has 0 radical (unpaired) electrons. The SMILES string of the molecule is [3H]CCCN. The highest BCUT2D eigenvalue weighted by Crippen LogP contribution is 1.57. The van der Waals surface area contributed by atoms with Crippen LogP contribution in [0.3, 0.4) is 0 Å². The average molecular weight is 61.1 g/mol. The first-order chi connectivity index (χ1) is 2.41. The molecule has 0 saturated heterocycles. The number of hydrogen-bond acceptors (Lipinski definition) is 1. The molecule has 26 valence electrons. The molecule has 0 spiro atoms. The maximum absolute atomic E-state index is 6.52. The standard InChI is InChI=1S/C3H9N/c1-2-3-4/h2-4H2,1H3/i1T. The molecule has 0 aromatic heterocycles. The fourth-order valence-electron chi connectivity index (χ4n) is 0. The molecule has 0 amide bonds. The molecular weight excluding hydrogens is 50.0 g/mol. The third kappa shape index (κ3) is 1.96. The molecule has 0 aliphatic rings. The van der Waals surface area contributed by atoms with Crippen LogP contribution < -0.4 is 5.73 Å². The minimum absolute atomic E-state index is 0.469. The summed E-state index contributed by atoms with van der Waals surface area (Å²) < 4.78 is 6.52. The molecule has 0 aromatic rings. The Morgan fingerprint density at radius 1 is 2.25 bits per heavy atom. The molecule has 1 heteroatoms. The minimum Gasteiger partial charge on any atom is -0.330 e. The molecule has 0 atom stereocenters. The van der Waals surface area contributed by atoms with Crippen LogP contribution in [0.15, 0.2) is 0 Å². The van der Waals surface area contributed by atoms with Crippen molar-refractivity contribution < 1.29 is 1.37 Å². The molecule has 0 unspecified atom stereocenters. The van der Waals surface area contributed by atoms with Crippen molar-refractivity contribution in [3.8, 4) is 0 Å². The lowest BCUT2D eigenvalue weighted by molar-refractivity contribution is 0.932. The zero-order chi connectivity index (χ0) is 4.12. The summed E-state index contributed by atoms with van der Waals surface area (Å²) in [4.78, 5) is 0. The van der Waals surface area contributed by atoms with Gasteiger partial charge in [0.1, 0.15) is 0 Å². The molecular formula is C3H9N. The van der Waals surface area contributed by atoms with E-state index in [1.165, 1.54) is 0 Å². The van der Waals surface area contributed by atoms with E-state index in [9.17, 15) is 0 Å². The van der Waals surface area contributed by atoms with E-state index < -0.39 is 0 Å². The van der Waals surface area contributed by atoms with Crippen LogP contribution in [-0.4, -0.2) is 6.54 Å². The minimum atomic E-state index is 0.469. The summed E-state index contributed by atoms with van der Waals surface area (Å²) in [5, 5.41) is 0. The van der Waals surface area contributed by atoms with Crippen molar-refractivity contribution in [3.05, 3.63) is 0 Å². The lowest BCUT2D eigenvalue weighted by Crippen LogP contribution is -1.93. The van der Waals surface area contributed by atoms with Crippen LogP contribution in [0, 0.1) is 0 Å². The lowest BCUT2D eigenvalue weighted by Gasteiger charge is -1.70. The van der Waals surface area contributed by atoms with Gasteiger partial charge in [0.25, 0.3) is 0 Å². The topological polar surface area (TPSA) is 26.0 Å². The Bertz CT molecular complexity index is 14.4. The van der Waals surface area contributed by atoms with Crippen molar-refractivity contribution in [1.29, 1.82) is 0 Å². The fourth-order valence-corrected chi connectivity index (χ4v) is 0. The summed E-state index contributed by atoms with van der Waals surface area (Å²) in [6, 6.07) is 0. The summed E-state index contributed by atoms with van der Waals surface area (Å²) in [6.45, 7) is 1.12. The Balaban J connectivity index is 2.19. The Hall–Kier alpha value is -0.0400. The summed E-state index contributed by atoms with van der Waals surface area (Å²) in [5.41, 5.74) is 5.02. The van der Waals surface area contributed by atoms with Gasteiger partial charge in [-0.05, 0) is 13.0 Å². The van der Waals surface area contributed by atoms with Gasteiger partial charge in [-0.3, -0.25) is 0 Å². The zero-order valence-corrected chi connectivity index (χ0v) is 2.70. The van der Waals surface area contributed by atoms with Gasteiger partial charge in [0.15, 0.2) is 0 Å². The van der Waals surface area contributed by atoms with E-state index in [0.717, 1.165) is 6.42 Å². The van der Waals surface area contributed by atoms with E-state index in [2.05, 4.69) is 0 Å². The highest BCUT2D eigenvalue weighted by atomic mass is 14.5. The molecule has 0 saturated carbocycles. The van der Waals surface area contributed by atoms with Crippen LogP contribution in [0.2, 0.25) is 0 Å². The first-order valence-electron chi connectivity index (χ1n) is 2.12. The van der Waals surface area contributed by atoms with Crippen molar-refractivity contribution in [2.45, 2.75) is 13.3 Å². The maximum atomic E-state index is 6.52. The van der Waals surface area contributed by atoms with Crippen molar-refractivity contribution in [2.24, 2.45) is 5.73 Å². The fraction of sp³-hybridized carbons (Fsp3) is 1.00. The summed E-state index contributed by atoms with van der Waals surface area (Å²) >= 11 is 0. The monoisotopic (exact) mass is 61.1 g/mol. The van der Waals surface area contributed by atoms with Gasteiger partial charge in [-0.25, -0.2) is 0 Å². The van der Waals surface area contributed by atoms with Gasteiger partial charge in [0.2, 0.25) is 0 Å². The second-order valence-corrected chi connectivity index (χ2v) is 0.642. The van der Waals surface area contributed by atoms with E-state index in [0.29, 0.717) is 13.4 Å². The average Bonchev–Trinajstić information content (AvgIpc) is 1.41. The molecule has 4 heavy (non-hydrogen) atoms. The maximum Gasteiger partial charge on any atom is 0.0231 e. The summed E-state index contributed by atoms with van der Waals surface area (Å²) in [5.74, 6) is 0. The predicted molar refractivity (Wildman–Crippen MR) is 19.3 cm³/mol. The summed E-state index contributed by atoms with van der Waals surface area (Å²) in [6.07, 6.45) is 0.833. The van der Waals surface area contributed by atoms with E-state index in [-0.39, 0.29) is 0 Å². The lowest BCUT2D eigenvalue weighted by atomic mass is 10.5. The van der Waals surface area contributed by atoms with Crippen LogP contribution in [0.4, 0.5) is 0 Å². The molecule has 0 rings (SSSR count). The molecule has 2 N–H and O–H groups in total. The second kappa shape index (κ2) is 2.96. The molecule has 0 aliphatic heterocycles. The van der Waals surface area contributed by atoms with Crippen LogP contribution >= 0.6 is 0 Å². The van der Waals surface area contributed by atoms with Gasteiger partial charge in [-0.2, -0.15) is 0 Å². The van der Waals surface area contributed by atoms with Crippen LogP contribution in [0.25, 0.3) is 0 Å². The van der Waals surface area contributed by atoms with Gasteiger partial charge in [-0.1, -0.05) is 6.90 Å². The van der Waals surface area contributed by atoms with Gasteiger partial charge >= 0.3 is 0 Å². The summed E-state index contributed by atoms with van der Waals surface area (Å²) in [7, 11) is 0. The molecule has 0 aromatic carbocycles. The van der Waals surface area contributed by atoms with E-state index >= 15 is 0 Å².